The van der Waals surface area contributed by atoms with E-state index in [2.05, 4.69) is 22.2 Å². The van der Waals surface area contributed by atoms with Crippen molar-refractivity contribution < 1.29 is 4.39 Å². The Morgan fingerprint density at radius 2 is 2.33 bits per heavy atom. The van der Waals surface area contributed by atoms with Crippen molar-refractivity contribution in [2.45, 2.75) is 39.2 Å². The van der Waals surface area contributed by atoms with Gasteiger partial charge in [0.1, 0.15) is 5.82 Å². The molecule has 1 fully saturated rings. The van der Waals surface area contributed by atoms with Gasteiger partial charge < -0.3 is 5.32 Å². The Bertz CT molecular complexity index is 333. The lowest BCUT2D eigenvalue weighted by Crippen LogP contribution is -2.08. The number of aromatic nitrogens is 2. The molecule has 2 atom stereocenters. The number of nitrogens with one attached hydrogen (secondary N) is 1. The largest absolute Gasteiger partial charge is 0.367 e. The number of hydrogen-bond acceptors (Lipinski definition) is 3. The monoisotopic (exact) mass is 209 g/mol. The third-order valence-electron chi connectivity index (χ3n) is 2.74. The van der Waals surface area contributed by atoms with E-state index in [9.17, 15) is 4.39 Å². The molecule has 0 radical (unpaired) electrons. The Labute approximate surface area is 89.1 Å². The van der Waals surface area contributed by atoms with Crippen LogP contribution in [0.5, 0.6) is 0 Å². The van der Waals surface area contributed by atoms with Crippen LogP contribution < -0.4 is 5.32 Å². The maximum Gasteiger partial charge on any atom is 0.310 e. The summed E-state index contributed by atoms with van der Waals surface area (Å²) in [4.78, 5) is 7.32. The van der Waals surface area contributed by atoms with Crippen LogP contribution in [0.25, 0.3) is 0 Å². The summed E-state index contributed by atoms with van der Waals surface area (Å²) >= 11 is 0. The minimum absolute atomic E-state index is 0.485. The van der Waals surface area contributed by atoms with E-state index in [1.54, 1.807) is 13.0 Å². The molecular weight excluding hydrogens is 193 g/mol. The predicted octanol–water partition coefficient (Wildman–Crippen LogP) is 2.52. The summed E-state index contributed by atoms with van der Waals surface area (Å²) < 4.78 is 12.9. The summed E-state index contributed by atoms with van der Waals surface area (Å²) in [6, 6.07) is 2.27. The van der Waals surface area contributed by atoms with Crippen LogP contribution in [0.3, 0.4) is 0 Å². The molecule has 0 aromatic carbocycles. The van der Waals surface area contributed by atoms with Crippen molar-refractivity contribution in [2.24, 2.45) is 5.92 Å². The first-order chi connectivity index (χ1) is 7.19. The highest BCUT2D eigenvalue weighted by Gasteiger charge is 2.36. The van der Waals surface area contributed by atoms with Crippen LogP contribution >= 0.6 is 0 Å². The molecule has 3 nitrogen and oxygen atoms in total. The van der Waals surface area contributed by atoms with Crippen LogP contribution in [0.15, 0.2) is 6.07 Å². The highest BCUT2D eigenvalue weighted by Crippen LogP contribution is 2.36. The normalized spacial score (nSPS) is 23.9. The fraction of sp³-hybridized carbons (Fsp3) is 0.636. The number of anilines is 1. The highest BCUT2D eigenvalue weighted by molar-refractivity contribution is 5.38. The number of aryl methyl sites for hydroxylation is 1. The third kappa shape index (κ3) is 2.64. The van der Waals surface area contributed by atoms with Crippen molar-refractivity contribution in [1.82, 2.24) is 9.97 Å². The number of nitrogens with zero attached hydrogens (tertiary/aromatic N) is 2. The van der Waals surface area contributed by atoms with Gasteiger partial charge in [0.25, 0.3) is 0 Å². The molecule has 1 aromatic heterocycles. The van der Waals surface area contributed by atoms with Crippen molar-refractivity contribution in [3.05, 3.63) is 17.8 Å². The molecule has 0 bridgehead atoms. The summed E-state index contributed by atoms with van der Waals surface area (Å²) in [5, 5.41) is 3.24. The van der Waals surface area contributed by atoms with E-state index in [4.69, 9.17) is 0 Å². The second-order valence-corrected chi connectivity index (χ2v) is 4.20. The minimum Gasteiger partial charge on any atom is -0.367 e. The predicted molar refractivity (Wildman–Crippen MR) is 57.2 cm³/mol. The molecule has 82 valence electrons. The lowest BCUT2D eigenvalue weighted by molar-refractivity contribution is 0.536. The first-order valence-electron chi connectivity index (χ1n) is 5.46. The van der Waals surface area contributed by atoms with E-state index < -0.39 is 6.08 Å². The topological polar surface area (TPSA) is 37.8 Å². The summed E-state index contributed by atoms with van der Waals surface area (Å²) in [5.74, 6) is 1.36. The molecule has 1 aliphatic carbocycles. The Morgan fingerprint density at radius 3 is 3.00 bits per heavy atom. The smallest absolute Gasteiger partial charge is 0.310 e. The van der Waals surface area contributed by atoms with Crippen molar-refractivity contribution in [1.29, 1.82) is 0 Å². The quantitative estimate of drug-likeness (QED) is 0.774. The minimum atomic E-state index is -0.648. The molecule has 15 heavy (non-hydrogen) atoms. The zero-order valence-corrected chi connectivity index (χ0v) is 9.13. The Hall–Kier alpha value is -1.19. The Kier molecular flexibility index (Phi) is 2.84. The van der Waals surface area contributed by atoms with E-state index in [0.717, 1.165) is 5.92 Å². The van der Waals surface area contributed by atoms with Crippen molar-refractivity contribution in [2.75, 3.05) is 5.32 Å². The zero-order chi connectivity index (χ0) is 10.8. The first kappa shape index (κ1) is 10.3. The molecule has 1 aromatic rings. The SMILES string of the molecule is CCCC1CC1Nc1cc(C)nc(F)n1. The summed E-state index contributed by atoms with van der Waals surface area (Å²) in [6.45, 7) is 3.95. The van der Waals surface area contributed by atoms with Crippen LogP contribution in [-0.2, 0) is 0 Å². The standard InChI is InChI=1S/C11H16FN3/c1-3-4-8-6-9(8)14-10-5-7(2)13-11(12)15-10/h5,8-9H,3-4,6H2,1-2H3,(H,13,14,15). The average molecular weight is 209 g/mol. The maximum absolute atomic E-state index is 12.9. The second-order valence-electron chi connectivity index (χ2n) is 4.20. The molecule has 1 N–H and O–H groups in total. The molecule has 2 unspecified atom stereocenters. The van der Waals surface area contributed by atoms with Gasteiger partial charge in [-0.2, -0.15) is 9.37 Å². The van der Waals surface area contributed by atoms with Gasteiger partial charge in [-0.25, -0.2) is 4.98 Å². The van der Waals surface area contributed by atoms with E-state index in [-0.39, 0.29) is 0 Å². The maximum atomic E-state index is 12.9. The van der Waals surface area contributed by atoms with Crippen LogP contribution in [0.4, 0.5) is 10.2 Å². The highest BCUT2D eigenvalue weighted by atomic mass is 19.1. The van der Waals surface area contributed by atoms with E-state index in [1.165, 1.54) is 19.3 Å². The van der Waals surface area contributed by atoms with Crippen molar-refractivity contribution in [3.63, 3.8) is 0 Å². The fourth-order valence-electron chi connectivity index (χ4n) is 1.91. The summed E-state index contributed by atoms with van der Waals surface area (Å²) in [6.07, 6.45) is 2.98. The molecule has 4 heteroatoms. The molecule has 2 rings (SSSR count). The number of rotatable bonds is 4. The van der Waals surface area contributed by atoms with Crippen LogP contribution in [0.2, 0.25) is 0 Å². The van der Waals surface area contributed by atoms with Crippen molar-refractivity contribution >= 4 is 5.82 Å². The van der Waals surface area contributed by atoms with Crippen LogP contribution in [0.1, 0.15) is 31.9 Å². The molecule has 0 aliphatic heterocycles. The van der Waals surface area contributed by atoms with Gasteiger partial charge >= 0.3 is 6.08 Å². The molecule has 1 heterocycles. The third-order valence-corrected chi connectivity index (χ3v) is 2.74. The lowest BCUT2D eigenvalue weighted by atomic mass is 10.2. The Balaban J connectivity index is 1.94. The van der Waals surface area contributed by atoms with E-state index in [0.29, 0.717) is 17.6 Å². The molecule has 0 spiro atoms. The van der Waals surface area contributed by atoms with Gasteiger partial charge in [-0.1, -0.05) is 13.3 Å². The molecule has 1 aliphatic rings. The number of halogens is 1. The van der Waals surface area contributed by atoms with Crippen molar-refractivity contribution in [3.8, 4) is 0 Å². The average Bonchev–Trinajstić information content (AvgIpc) is 2.82. The summed E-state index contributed by atoms with van der Waals surface area (Å²) in [7, 11) is 0. The summed E-state index contributed by atoms with van der Waals surface area (Å²) in [5.41, 5.74) is 0.665. The molecule has 1 saturated carbocycles. The van der Waals surface area contributed by atoms with Gasteiger partial charge in [0.2, 0.25) is 0 Å². The van der Waals surface area contributed by atoms with Gasteiger partial charge in [-0.05, 0) is 25.7 Å². The molecule has 0 saturated heterocycles. The molecule has 0 amide bonds. The number of hydrogen-bond donors (Lipinski definition) is 1. The molecular formula is C11H16FN3. The van der Waals surface area contributed by atoms with E-state index >= 15 is 0 Å². The lowest BCUT2D eigenvalue weighted by Gasteiger charge is -2.05. The van der Waals surface area contributed by atoms with Crippen LogP contribution in [-0.4, -0.2) is 16.0 Å². The van der Waals surface area contributed by atoms with Crippen LogP contribution in [0, 0.1) is 18.9 Å². The van der Waals surface area contributed by atoms with Gasteiger partial charge in [0, 0.05) is 17.8 Å². The second kappa shape index (κ2) is 4.13. The fourth-order valence-corrected chi connectivity index (χ4v) is 1.91. The first-order valence-corrected chi connectivity index (χ1v) is 5.46. The van der Waals surface area contributed by atoms with E-state index in [1.807, 2.05) is 0 Å². The van der Waals surface area contributed by atoms with Gasteiger partial charge in [-0.15, -0.1) is 0 Å². The van der Waals surface area contributed by atoms with Gasteiger partial charge in [0.15, 0.2) is 0 Å². The van der Waals surface area contributed by atoms with Gasteiger partial charge in [0.05, 0.1) is 0 Å². The van der Waals surface area contributed by atoms with Gasteiger partial charge in [-0.3, -0.25) is 0 Å². The zero-order valence-electron chi connectivity index (χ0n) is 9.13. The Morgan fingerprint density at radius 1 is 1.53 bits per heavy atom.